The predicted molar refractivity (Wildman–Crippen MR) is 125 cm³/mol. The number of anilines is 1. The molecule has 4 aromatic rings. The van der Waals surface area contributed by atoms with Crippen molar-refractivity contribution in [2.45, 2.75) is 23.9 Å². The zero-order chi connectivity index (χ0) is 22.0. The van der Waals surface area contributed by atoms with E-state index in [0.717, 1.165) is 16.9 Å². The largest absolute Gasteiger partial charge is 0.365 e. The van der Waals surface area contributed by atoms with Crippen LogP contribution in [-0.2, 0) is 23.0 Å². The van der Waals surface area contributed by atoms with E-state index in [9.17, 15) is 8.42 Å². The fourth-order valence-electron chi connectivity index (χ4n) is 4.22. The van der Waals surface area contributed by atoms with Crippen molar-refractivity contribution in [3.63, 3.8) is 0 Å². The number of nitrogens with one attached hydrogen (secondary N) is 1. The molecule has 0 saturated heterocycles. The third kappa shape index (κ3) is 4.30. The van der Waals surface area contributed by atoms with Crippen LogP contribution in [0.5, 0.6) is 0 Å². The van der Waals surface area contributed by atoms with E-state index >= 15 is 0 Å². The van der Waals surface area contributed by atoms with Crippen LogP contribution in [0.25, 0.3) is 5.69 Å². The summed E-state index contributed by atoms with van der Waals surface area (Å²) in [5.41, 5.74) is 4.36. The number of benzene rings is 3. The summed E-state index contributed by atoms with van der Waals surface area (Å²) in [6.07, 6.45) is 4.27. The van der Waals surface area contributed by atoms with Gasteiger partial charge >= 0.3 is 0 Å². The molecule has 162 valence electrons. The first kappa shape index (κ1) is 20.5. The lowest BCUT2D eigenvalue weighted by atomic mass is 9.97. The van der Waals surface area contributed by atoms with Crippen molar-refractivity contribution < 1.29 is 8.42 Å². The Kier molecular flexibility index (Phi) is 5.51. The van der Waals surface area contributed by atoms with Gasteiger partial charge in [-0.2, -0.15) is 5.10 Å². The van der Waals surface area contributed by atoms with Crippen LogP contribution in [0.2, 0.25) is 0 Å². The van der Waals surface area contributed by atoms with Gasteiger partial charge in [-0.3, -0.25) is 0 Å². The topological polar surface area (TPSA) is 67.2 Å². The number of aromatic nitrogens is 2. The quantitative estimate of drug-likeness (QED) is 0.492. The van der Waals surface area contributed by atoms with Crippen LogP contribution in [0.4, 0.5) is 5.69 Å². The molecule has 5 rings (SSSR count). The van der Waals surface area contributed by atoms with Crippen molar-refractivity contribution in [1.29, 1.82) is 0 Å². The first-order chi connectivity index (χ1) is 15.6. The molecule has 6 nitrogen and oxygen atoms in total. The molecular weight excluding hydrogens is 420 g/mol. The second-order valence-electron chi connectivity index (χ2n) is 7.97. The molecule has 1 atom stereocenters. The number of hydrogen-bond acceptors (Lipinski definition) is 4. The lowest BCUT2D eigenvalue weighted by Crippen LogP contribution is -2.48. The molecular formula is C25H24N4O2S. The molecule has 0 bridgehead atoms. The van der Waals surface area contributed by atoms with Gasteiger partial charge in [0, 0.05) is 37.2 Å². The maximum atomic E-state index is 13.0. The summed E-state index contributed by atoms with van der Waals surface area (Å²) >= 11 is 0. The van der Waals surface area contributed by atoms with Gasteiger partial charge < -0.3 is 4.90 Å². The summed E-state index contributed by atoms with van der Waals surface area (Å²) in [7, 11) is -3.61. The Labute approximate surface area is 188 Å². The summed E-state index contributed by atoms with van der Waals surface area (Å²) < 4.78 is 30.7. The molecule has 1 aromatic heterocycles. The van der Waals surface area contributed by atoms with Gasteiger partial charge in [0.2, 0.25) is 10.0 Å². The minimum absolute atomic E-state index is 0.246. The van der Waals surface area contributed by atoms with Crippen LogP contribution in [0.15, 0.2) is 102 Å². The minimum Gasteiger partial charge on any atom is -0.365 e. The van der Waals surface area contributed by atoms with Gasteiger partial charge in [-0.1, -0.05) is 48.5 Å². The minimum atomic E-state index is -3.61. The van der Waals surface area contributed by atoms with Crippen LogP contribution in [0.1, 0.15) is 11.1 Å². The van der Waals surface area contributed by atoms with Crippen molar-refractivity contribution in [2.75, 3.05) is 11.4 Å². The molecule has 0 fully saturated rings. The summed E-state index contributed by atoms with van der Waals surface area (Å²) in [6.45, 7) is 1.30. The monoisotopic (exact) mass is 444 g/mol. The Morgan fingerprint density at radius 2 is 1.69 bits per heavy atom. The standard InChI is InChI=1S/C25H24N4O2S/c30-32(31,24-10-5-2-6-11-24)27-22-16-21-17-23(29-15-7-14-26-29)12-13-25(21)28(19-22)18-20-8-3-1-4-9-20/h1-15,17,22,27H,16,18-19H2. The fraction of sp³-hybridized carbons (Fsp3) is 0.160. The Balaban J connectivity index is 1.47. The van der Waals surface area contributed by atoms with Gasteiger partial charge in [0.05, 0.1) is 10.6 Å². The molecule has 0 radical (unpaired) electrons. The highest BCUT2D eigenvalue weighted by atomic mass is 32.2. The molecule has 2 heterocycles. The average molecular weight is 445 g/mol. The van der Waals surface area contributed by atoms with E-state index in [2.05, 4.69) is 45.1 Å². The van der Waals surface area contributed by atoms with E-state index in [1.54, 1.807) is 30.5 Å². The van der Waals surface area contributed by atoms with Crippen LogP contribution in [0, 0.1) is 0 Å². The molecule has 3 aromatic carbocycles. The average Bonchev–Trinajstić information content (AvgIpc) is 3.35. The van der Waals surface area contributed by atoms with Crippen molar-refractivity contribution in [3.05, 3.63) is 108 Å². The second-order valence-corrected chi connectivity index (χ2v) is 9.68. The predicted octanol–water partition coefficient (Wildman–Crippen LogP) is 3.78. The first-order valence-electron chi connectivity index (χ1n) is 10.6. The van der Waals surface area contributed by atoms with Crippen molar-refractivity contribution in [3.8, 4) is 5.69 Å². The summed E-state index contributed by atoms with van der Waals surface area (Å²) in [6, 6.07) is 26.7. The Morgan fingerprint density at radius 1 is 0.938 bits per heavy atom. The van der Waals surface area contributed by atoms with Crippen molar-refractivity contribution in [2.24, 2.45) is 0 Å². The second kappa shape index (κ2) is 8.61. The third-order valence-corrected chi connectivity index (χ3v) is 7.21. The lowest BCUT2D eigenvalue weighted by Gasteiger charge is -2.36. The third-order valence-electron chi connectivity index (χ3n) is 5.67. The van der Waals surface area contributed by atoms with Gasteiger partial charge in [-0.25, -0.2) is 17.8 Å². The smallest absolute Gasteiger partial charge is 0.240 e. The first-order valence-corrected chi connectivity index (χ1v) is 12.1. The van der Waals surface area contributed by atoms with Gasteiger partial charge in [-0.15, -0.1) is 0 Å². The molecule has 7 heteroatoms. The van der Waals surface area contributed by atoms with Gasteiger partial charge in [0.15, 0.2) is 0 Å². The maximum absolute atomic E-state index is 13.0. The zero-order valence-corrected chi connectivity index (χ0v) is 18.3. The van der Waals surface area contributed by atoms with Gasteiger partial charge in [0.1, 0.15) is 0 Å². The summed E-state index contributed by atoms with van der Waals surface area (Å²) in [4.78, 5) is 2.53. The molecule has 0 spiro atoms. The van der Waals surface area contributed by atoms with E-state index < -0.39 is 10.0 Å². The van der Waals surface area contributed by atoms with E-state index in [0.29, 0.717) is 19.5 Å². The number of fused-ring (bicyclic) bond motifs is 1. The number of hydrogen-bond donors (Lipinski definition) is 1. The highest BCUT2D eigenvalue weighted by molar-refractivity contribution is 7.89. The summed E-state index contributed by atoms with van der Waals surface area (Å²) in [5, 5.41) is 4.33. The highest BCUT2D eigenvalue weighted by Gasteiger charge is 2.28. The highest BCUT2D eigenvalue weighted by Crippen LogP contribution is 2.31. The van der Waals surface area contributed by atoms with Gasteiger partial charge in [0.25, 0.3) is 0 Å². The fourth-order valence-corrected chi connectivity index (χ4v) is 5.47. The normalized spacial score (nSPS) is 16.0. The zero-order valence-electron chi connectivity index (χ0n) is 17.5. The lowest BCUT2D eigenvalue weighted by molar-refractivity contribution is 0.524. The molecule has 1 aliphatic heterocycles. The van der Waals surface area contributed by atoms with Crippen LogP contribution < -0.4 is 9.62 Å². The number of sulfonamides is 1. The molecule has 32 heavy (non-hydrogen) atoms. The van der Waals surface area contributed by atoms with E-state index in [4.69, 9.17) is 0 Å². The van der Waals surface area contributed by atoms with E-state index in [1.807, 2.05) is 41.2 Å². The number of rotatable bonds is 6. The SMILES string of the molecule is O=S(=O)(NC1Cc2cc(-n3cccn3)ccc2N(Cc2ccccc2)C1)c1ccccc1. The molecule has 1 aliphatic rings. The summed E-state index contributed by atoms with van der Waals surface area (Å²) in [5.74, 6) is 0. The Bertz CT molecular complexity index is 1290. The van der Waals surface area contributed by atoms with Gasteiger partial charge in [-0.05, 0) is 53.9 Å². The van der Waals surface area contributed by atoms with E-state index in [-0.39, 0.29) is 10.9 Å². The Hall–Kier alpha value is -3.42. The van der Waals surface area contributed by atoms with Crippen molar-refractivity contribution in [1.82, 2.24) is 14.5 Å². The van der Waals surface area contributed by atoms with E-state index in [1.165, 1.54) is 5.56 Å². The molecule has 0 amide bonds. The van der Waals surface area contributed by atoms with Crippen LogP contribution in [-0.4, -0.2) is 30.8 Å². The molecule has 1 unspecified atom stereocenters. The molecule has 0 aliphatic carbocycles. The van der Waals surface area contributed by atoms with Crippen LogP contribution in [0.3, 0.4) is 0 Å². The van der Waals surface area contributed by atoms with Crippen molar-refractivity contribution >= 4 is 15.7 Å². The molecule has 0 saturated carbocycles. The number of nitrogens with zero attached hydrogens (tertiary/aromatic N) is 3. The Morgan fingerprint density at radius 3 is 2.41 bits per heavy atom. The molecule has 1 N–H and O–H groups in total. The maximum Gasteiger partial charge on any atom is 0.240 e. The van der Waals surface area contributed by atoms with Crippen LogP contribution >= 0.6 is 0 Å².